The van der Waals surface area contributed by atoms with Crippen LogP contribution in [-0.2, 0) is 6.42 Å². The van der Waals surface area contributed by atoms with Gasteiger partial charge in [0.1, 0.15) is 5.75 Å². The lowest BCUT2D eigenvalue weighted by Crippen LogP contribution is -2.46. The van der Waals surface area contributed by atoms with Gasteiger partial charge < -0.3 is 15.0 Å². The first kappa shape index (κ1) is 15.1. The summed E-state index contributed by atoms with van der Waals surface area (Å²) >= 11 is 0. The van der Waals surface area contributed by atoms with E-state index >= 15 is 0 Å². The summed E-state index contributed by atoms with van der Waals surface area (Å²) in [6, 6.07) is 16.8. The quantitative estimate of drug-likeness (QED) is 0.939. The lowest BCUT2D eigenvalue weighted by molar-refractivity contribution is 0.179. The van der Waals surface area contributed by atoms with Gasteiger partial charge in [0.15, 0.2) is 0 Å². The van der Waals surface area contributed by atoms with E-state index in [0.29, 0.717) is 6.04 Å². The molecule has 1 fully saturated rings. The van der Waals surface area contributed by atoms with E-state index in [1.165, 1.54) is 11.1 Å². The van der Waals surface area contributed by atoms with Crippen molar-refractivity contribution in [1.29, 1.82) is 0 Å². The minimum absolute atomic E-state index is 0.0420. The Balaban J connectivity index is 1.71. The van der Waals surface area contributed by atoms with Crippen LogP contribution in [0.15, 0.2) is 48.5 Å². The molecule has 24 heavy (non-hydrogen) atoms. The molecule has 0 saturated heterocycles. The lowest BCUT2D eigenvalue weighted by atomic mass is 9.88. The van der Waals surface area contributed by atoms with Crippen molar-refractivity contribution in [3.8, 4) is 5.75 Å². The first-order valence-electron chi connectivity index (χ1n) is 8.55. The fourth-order valence-electron chi connectivity index (χ4n) is 3.42. The Bertz CT molecular complexity index is 738. The molecule has 0 bridgehead atoms. The Morgan fingerprint density at radius 1 is 1.12 bits per heavy atom. The van der Waals surface area contributed by atoms with Crippen LogP contribution in [-0.4, -0.2) is 30.6 Å². The van der Waals surface area contributed by atoms with Crippen molar-refractivity contribution >= 4 is 6.03 Å². The zero-order chi connectivity index (χ0) is 16.5. The molecular weight excluding hydrogens is 300 g/mol. The predicted molar refractivity (Wildman–Crippen MR) is 93.2 cm³/mol. The number of carbonyl (C=O) groups is 1. The normalized spacial score (nSPS) is 19.5. The number of methoxy groups -OCH3 is 1. The molecule has 1 saturated carbocycles. The van der Waals surface area contributed by atoms with Crippen LogP contribution >= 0.6 is 0 Å². The van der Waals surface area contributed by atoms with E-state index in [-0.39, 0.29) is 12.1 Å². The van der Waals surface area contributed by atoms with Gasteiger partial charge in [-0.1, -0.05) is 36.4 Å². The molecule has 1 heterocycles. The number of carbonyl (C=O) groups excluding carboxylic acids is 1. The zero-order valence-corrected chi connectivity index (χ0v) is 13.9. The highest BCUT2D eigenvalue weighted by molar-refractivity contribution is 5.76. The van der Waals surface area contributed by atoms with Gasteiger partial charge in [-0.05, 0) is 48.1 Å². The smallest absolute Gasteiger partial charge is 0.318 e. The summed E-state index contributed by atoms with van der Waals surface area (Å²) in [4.78, 5) is 14.7. The predicted octanol–water partition coefficient (Wildman–Crippen LogP) is 3.51. The summed E-state index contributed by atoms with van der Waals surface area (Å²) in [5.41, 5.74) is 3.67. The van der Waals surface area contributed by atoms with Crippen molar-refractivity contribution in [2.45, 2.75) is 31.3 Å². The summed E-state index contributed by atoms with van der Waals surface area (Å²) in [5.74, 6) is 0.830. The molecule has 4 heteroatoms. The molecule has 0 radical (unpaired) electrons. The molecule has 1 aliphatic carbocycles. The third-order valence-electron chi connectivity index (χ3n) is 4.88. The van der Waals surface area contributed by atoms with Crippen LogP contribution in [0, 0.1) is 0 Å². The standard InChI is InChI=1S/C20H22N2O2/c1-24-17-10-6-15(7-11-17)19-18-5-3-2-4-14(18)12-13-22(19)20(23)21-16-8-9-16/h2-7,10-11,16,19H,8-9,12-13H2,1H3,(H,21,23). The van der Waals surface area contributed by atoms with Crippen LogP contribution in [0.5, 0.6) is 5.75 Å². The van der Waals surface area contributed by atoms with E-state index in [1.54, 1.807) is 7.11 Å². The largest absolute Gasteiger partial charge is 0.497 e. The van der Waals surface area contributed by atoms with Crippen LogP contribution in [0.2, 0.25) is 0 Å². The summed E-state index contributed by atoms with van der Waals surface area (Å²) in [6.07, 6.45) is 3.10. The van der Waals surface area contributed by atoms with Crippen molar-refractivity contribution in [3.05, 3.63) is 65.2 Å². The van der Waals surface area contributed by atoms with Gasteiger partial charge in [-0.3, -0.25) is 0 Å². The summed E-state index contributed by atoms with van der Waals surface area (Å²) in [6.45, 7) is 0.742. The van der Waals surface area contributed by atoms with E-state index in [4.69, 9.17) is 4.74 Å². The number of hydrogen-bond donors (Lipinski definition) is 1. The number of benzene rings is 2. The van der Waals surface area contributed by atoms with E-state index in [9.17, 15) is 4.79 Å². The molecule has 1 unspecified atom stereocenters. The van der Waals surface area contributed by atoms with Gasteiger partial charge in [-0.15, -0.1) is 0 Å². The maximum atomic E-state index is 12.8. The van der Waals surface area contributed by atoms with Crippen LogP contribution in [0.4, 0.5) is 4.79 Å². The Labute approximate surface area is 142 Å². The van der Waals surface area contributed by atoms with Crippen LogP contribution < -0.4 is 10.1 Å². The van der Waals surface area contributed by atoms with Gasteiger partial charge in [0.25, 0.3) is 0 Å². The average molecular weight is 322 g/mol. The molecule has 1 aliphatic heterocycles. The molecule has 2 aliphatic rings. The molecule has 0 aromatic heterocycles. The van der Waals surface area contributed by atoms with E-state index < -0.39 is 0 Å². The second-order valence-electron chi connectivity index (χ2n) is 6.54. The number of nitrogens with one attached hydrogen (secondary N) is 1. The second-order valence-corrected chi connectivity index (χ2v) is 6.54. The minimum Gasteiger partial charge on any atom is -0.497 e. The van der Waals surface area contributed by atoms with Crippen molar-refractivity contribution in [3.63, 3.8) is 0 Å². The van der Waals surface area contributed by atoms with Crippen molar-refractivity contribution in [1.82, 2.24) is 10.2 Å². The van der Waals surface area contributed by atoms with Gasteiger partial charge in [-0.2, -0.15) is 0 Å². The molecule has 4 nitrogen and oxygen atoms in total. The number of nitrogens with zero attached hydrogens (tertiary/aromatic N) is 1. The lowest BCUT2D eigenvalue weighted by Gasteiger charge is -2.37. The Morgan fingerprint density at radius 3 is 2.58 bits per heavy atom. The highest BCUT2D eigenvalue weighted by atomic mass is 16.5. The molecule has 1 N–H and O–H groups in total. The monoisotopic (exact) mass is 322 g/mol. The Morgan fingerprint density at radius 2 is 1.88 bits per heavy atom. The topological polar surface area (TPSA) is 41.6 Å². The molecule has 124 valence electrons. The molecule has 0 spiro atoms. The fraction of sp³-hybridized carbons (Fsp3) is 0.350. The first-order chi connectivity index (χ1) is 11.8. The van der Waals surface area contributed by atoms with E-state index in [1.807, 2.05) is 17.0 Å². The van der Waals surface area contributed by atoms with Crippen molar-refractivity contribution in [2.24, 2.45) is 0 Å². The molecule has 2 amide bonds. The van der Waals surface area contributed by atoms with Gasteiger partial charge in [0.2, 0.25) is 0 Å². The molecule has 2 aromatic carbocycles. The molecular formula is C20H22N2O2. The molecule has 2 aromatic rings. The SMILES string of the molecule is COc1ccc(C2c3ccccc3CCN2C(=O)NC2CC2)cc1. The van der Waals surface area contributed by atoms with Crippen LogP contribution in [0.3, 0.4) is 0 Å². The highest BCUT2D eigenvalue weighted by Crippen LogP contribution is 2.36. The zero-order valence-electron chi connectivity index (χ0n) is 13.9. The number of rotatable bonds is 3. The average Bonchev–Trinajstić information content (AvgIpc) is 3.44. The fourth-order valence-corrected chi connectivity index (χ4v) is 3.42. The number of urea groups is 1. The van der Waals surface area contributed by atoms with Crippen molar-refractivity contribution in [2.75, 3.05) is 13.7 Å². The van der Waals surface area contributed by atoms with Gasteiger partial charge in [-0.25, -0.2) is 4.79 Å². The molecule has 1 atom stereocenters. The maximum absolute atomic E-state index is 12.8. The third-order valence-corrected chi connectivity index (χ3v) is 4.88. The van der Waals surface area contributed by atoms with E-state index in [0.717, 1.165) is 37.1 Å². The molecule has 4 rings (SSSR count). The second kappa shape index (κ2) is 6.19. The Hall–Kier alpha value is -2.49. The van der Waals surface area contributed by atoms with Crippen LogP contribution in [0.1, 0.15) is 35.6 Å². The first-order valence-corrected chi connectivity index (χ1v) is 8.55. The highest BCUT2D eigenvalue weighted by Gasteiger charge is 2.34. The van der Waals surface area contributed by atoms with Crippen LogP contribution in [0.25, 0.3) is 0 Å². The number of hydrogen-bond acceptors (Lipinski definition) is 2. The summed E-state index contributed by atoms with van der Waals surface area (Å²) in [7, 11) is 1.67. The number of amides is 2. The maximum Gasteiger partial charge on any atom is 0.318 e. The van der Waals surface area contributed by atoms with Gasteiger partial charge in [0, 0.05) is 12.6 Å². The number of ether oxygens (including phenoxy) is 1. The minimum atomic E-state index is -0.0420. The summed E-state index contributed by atoms with van der Waals surface area (Å²) in [5, 5.41) is 3.14. The van der Waals surface area contributed by atoms with Crippen molar-refractivity contribution < 1.29 is 9.53 Å². The summed E-state index contributed by atoms with van der Waals surface area (Å²) < 4.78 is 5.27. The van der Waals surface area contributed by atoms with E-state index in [2.05, 4.69) is 41.7 Å². The third kappa shape index (κ3) is 2.84. The van der Waals surface area contributed by atoms with Gasteiger partial charge >= 0.3 is 6.03 Å². The number of fused-ring (bicyclic) bond motifs is 1. The van der Waals surface area contributed by atoms with Gasteiger partial charge in [0.05, 0.1) is 13.2 Å². The Kier molecular flexibility index (Phi) is 3.89.